The molecule has 0 saturated heterocycles. The van der Waals surface area contributed by atoms with E-state index in [0.717, 1.165) is 28.1 Å². The fraction of sp³-hybridized carbons (Fsp3) is 0.0909. The zero-order chi connectivity index (χ0) is 25.9. The Morgan fingerprint density at radius 1 is 0.692 bits per heavy atom. The van der Waals surface area contributed by atoms with E-state index in [-0.39, 0.29) is 27.3 Å². The average molecular weight is 691 g/mol. The second kappa shape index (κ2) is 11.7. The smallest absolute Gasteiger partial charge is 0.509 e. The summed E-state index contributed by atoms with van der Waals surface area (Å²) < 4.78 is 13.8. The molecule has 0 N–H and O–H groups in total. The fourth-order valence-corrected chi connectivity index (χ4v) is 4.36. The number of hydrogen-bond donors (Lipinski definition) is 0. The van der Waals surface area contributed by atoms with Gasteiger partial charge in [0.25, 0.3) is 0 Å². The molecule has 0 spiro atoms. The average Bonchev–Trinajstić information content (AvgIpc) is 3.56. The van der Waals surface area contributed by atoms with Crippen molar-refractivity contribution >= 4 is 5.71 Å². The molecule has 5 aromatic rings. The van der Waals surface area contributed by atoms with Gasteiger partial charge in [0.2, 0.25) is 6.23 Å². The Hall–Kier alpha value is -4.21. The van der Waals surface area contributed by atoms with Gasteiger partial charge in [-0.05, 0) is 47.9 Å². The van der Waals surface area contributed by atoms with Crippen LogP contribution in [-0.4, -0.2) is 21.7 Å². The van der Waals surface area contributed by atoms with Crippen molar-refractivity contribution in [2.75, 3.05) is 0 Å². The van der Waals surface area contributed by atoms with Gasteiger partial charge >= 0.3 is 21.1 Å². The van der Waals surface area contributed by atoms with Crippen molar-refractivity contribution in [1.29, 1.82) is 0 Å². The molecular weight excluding hydrogens is 665 g/mol. The third-order valence-electron chi connectivity index (χ3n) is 6.25. The summed E-state index contributed by atoms with van der Waals surface area (Å²) in [5.74, 6) is 1.67. The Balaban J connectivity index is 0.00000308. The van der Waals surface area contributed by atoms with Crippen LogP contribution in [0.3, 0.4) is 0 Å². The summed E-state index contributed by atoms with van der Waals surface area (Å²) in [5.41, 5.74) is 7.30. The SMILES string of the molecule is CC1=CC(C)=NC1Oc1[c-]c(Oc2[c-]c(-n3cc(-c4ccc(-c5ccccc5)cc4)cn3)ccc2)ccc1.[Pt+2]. The van der Waals surface area contributed by atoms with Crippen molar-refractivity contribution in [3.63, 3.8) is 0 Å². The molecule has 5 nitrogen and oxygen atoms in total. The second-order valence-corrected chi connectivity index (χ2v) is 9.13. The van der Waals surface area contributed by atoms with Crippen LogP contribution >= 0.6 is 0 Å². The van der Waals surface area contributed by atoms with Crippen LogP contribution in [0.25, 0.3) is 27.9 Å². The Bertz CT molecular complexity index is 1640. The molecule has 6 rings (SSSR count). The molecule has 0 saturated carbocycles. The van der Waals surface area contributed by atoms with Crippen molar-refractivity contribution in [3.05, 3.63) is 127 Å². The molecule has 4 aromatic carbocycles. The first-order valence-electron chi connectivity index (χ1n) is 12.4. The first-order chi connectivity index (χ1) is 18.6. The Labute approximate surface area is 242 Å². The molecule has 1 aliphatic heterocycles. The predicted octanol–water partition coefficient (Wildman–Crippen LogP) is 7.72. The number of aromatic nitrogens is 2. The molecule has 0 radical (unpaired) electrons. The number of nitrogens with zero attached hydrogens (tertiary/aromatic N) is 3. The van der Waals surface area contributed by atoms with E-state index in [9.17, 15) is 0 Å². The zero-order valence-electron chi connectivity index (χ0n) is 21.4. The number of aliphatic imine (C=N–C) groups is 1. The van der Waals surface area contributed by atoms with Crippen molar-refractivity contribution in [2.45, 2.75) is 20.1 Å². The minimum absolute atomic E-state index is 0. The van der Waals surface area contributed by atoms with Crippen LogP contribution in [0.15, 0.2) is 120 Å². The Morgan fingerprint density at radius 3 is 2.05 bits per heavy atom. The molecule has 6 heteroatoms. The van der Waals surface area contributed by atoms with Gasteiger partial charge < -0.3 is 9.47 Å². The fourth-order valence-electron chi connectivity index (χ4n) is 4.36. The maximum atomic E-state index is 6.06. The number of ether oxygens (including phenoxy) is 2. The minimum atomic E-state index is -0.319. The molecule has 0 aliphatic carbocycles. The van der Waals surface area contributed by atoms with Crippen LogP contribution in [0.1, 0.15) is 13.8 Å². The van der Waals surface area contributed by atoms with E-state index in [1.165, 1.54) is 11.1 Å². The number of allylic oxidation sites excluding steroid dienone is 1. The van der Waals surface area contributed by atoms with Gasteiger partial charge in [0.1, 0.15) is 0 Å². The largest absolute Gasteiger partial charge is 2.00 e. The van der Waals surface area contributed by atoms with Gasteiger partial charge in [-0.2, -0.15) is 17.2 Å². The van der Waals surface area contributed by atoms with E-state index < -0.39 is 0 Å². The maximum Gasteiger partial charge on any atom is 2.00 e. The molecule has 1 aromatic heterocycles. The maximum absolute atomic E-state index is 6.06. The van der Waals surface area contributed by atoms with E-state index in [4.69, 9.17) is 9.47 Å². The summed E-state index contributed by atoms with van der Waals surface area (Å²) in [4.78, 5) is 4.49. The van der Waals surface area contributed by atoms with Crippen LogP contribution in [0, 0.1) is 12.1 Å². The third kappa shape index (κ3) is 6.10. The Kier molecular flexibility index (Phi) is 7.90. The molecule has 0 amide bonds. The van der Waals surface area contributed by atoms with Crippen LogP contribution in [0.2, 0.25) is 0 Å². The summed E-state index contributed by atoms with van der Waals surface area (Å²) in [7, 11) is 0. The molecule has 2 heterocycles. The first-order valence-corrected chi connectivity index (χ1v) is 12.4. The van der Waals surface area contributed by atoms with Gasteiger partial charge in [-0.3, -0.25) is 4.68 Å². The van der Waals surface area contributed by atoms with Gasteiger partial charge in [-0.15, -0.1) is 30.3 Å². The van der Waals surface area contributed by atoms with Crippen molar-refractivity contribution in [2.24, 2.45) is 4.99 Å². The van der Waals surface area contributed by atoms with Gasteiger partial charge in [0.15, 0.2) is 0 Å². The topological polar surface area (TPSA) is 48.6 Å². The standard InChI is InChI=1S/C33H25N3O2.Pt/c1-23-18-24(2)35-33(23)38-32-13-7-12-31(20-32)37-30-11-6-10-29(19-30)36-22-28(21-34-36)27-16-14-26(15-17-27)25-8-4-3-5-9-25;/h3-18,21-22,33H,1-2H3;/q-2;+2. The molecule has 1 aliphatic rings. The Morgan fingerprint density at radius 2 is 1.33 bits per heavy atom. The van der Waals surface area contributed by atoms with E-state index in [1.54, 1.807) is 4.68 Å². The van der Waals surface area contributed by atoms with E-state index >= 15 is 0 Å². The van der Waals surface area contributed by atoms with E-state index in [1.807, 2.05) is 74.8 Å². The van der Waals surface area contributed by atoms with Crippen LogP contribution in [0.5, 0.6) is 17.2 Å². The normalized spacial score (nSPS) is 14.3. The summed E-state index contributed by atoms with van der Waals surface area (Å²) >= 11 is 0. The molecule has 39 heavy (non-hydrogen) atoms. The molecule has 0 bridgehead atoms. The van der Waals surface area contributed by atoms with Gasteiger partial charge in [-0.1, -0.05) is 60.7 Å². The number of hydrogen-bond acceptors (Lipinski definition) is 4. The van der Waals surface area contributed by atoms with Crippen molar-refractivity contribution in [3.8, 4) is 45.2 Å². The molecule has 194 valence electrons. The van der Waals surface area contributed by atoms with E-state index in [0.29, 0.717) is 17.2 Å². The van der Waals surface area contributed by atoms with Gasteiger partial charge in [-0.25, -0.2) is 4.99 Å². The second-order valence-electron chi connectivity index (χ2n) is 9.13. The van der Waals surface area contributed by atoms with Crippen molar-refractivity contribution < 1.29 is 30.5 Å². The number of benzene rings is 4. The summed E-state index contributed by atoms with van der Waals surface area (Å²) in [6.45, 7) is 3.97. The first kappa shape index (κ1) is 26.4. The summed E-state index contributed by atoms with van der Waals surface area (Å²) in [5, 5.41) is 4.56. The molecule has 1 atom stereocenters. The number of rotatable bonds is 7. The molecule has 1 unspecified atom stereocenters. The summed E-state index contributed by atoms with van der Waals surface area (Å²) in [6, 6.07) is 36.6. The monoisotopic (exact) mass is 690 g/mol. The van der Waals surface area contributed by atoms with Crippen LogP contribution in [0.4, 0.5) is 0 Å². The minimum Gasteiger partial charge on any atom is -0.509 e. The quantitative estimate of drug-likeness (QED) is 0.165. The van der Waals surface area contributed by atoms with Crippen LogP contribution < -0.4 is 9.47 Å². The van der Waals surface area contributed by atoms with Crippen LogP contribution in [-0.2, 0) is 21.1 Å². The predicted molar refractivity (Wildman–Crippen MR) is 150 cm³/mol. The van der Waals surface area contributed by atoms with Crippen molar-refractivity contribution in [1.82, 2.24) is 9.78 Å². The molecule has 0 fully saturated rings. The zero-order valence-corrected chi connectivity index (χ0v) is 23.7. The van der Waals surface area contributed by atoms with Gasteiger partial charge in [0.05, 0.1) is 6.20 Å². The third-order valence-corrected chi connectivity index (χ3v) is 6.25. The summed E-state index contributed by atoms with van der Waals surface area (Å²) in [6.07, 6.45) is 5.55. The molecular formula is C33H25N3O2Pt. The van der Waals surface area contributed by atoms with Gasteiger partial charge in [0, 0.05) is 34.7 Å². The van der Waals surface area contributed by atoms with E-state index in [2.05, 4.69) is 70.8 Å².